The van der Waals surface area contributed by atoms with E-state index in [1.165, 1.54) is 18.5 Å². The fourth-order valence-corrected chi connectivity index (χ4v) is 2.62. The standard InChI is InChI=1S/C13H22BrN3O/c1-16-12(2-7-15-16)3-8-17-9-4-13(5-10-17)18-11-6-14/h2,7,13H,3-6,8-11H2,1H3. The maximum atomic E-state index is 5.76. The number of halogens is 1. The number of hydrogen-bond donors (Lipinski definition) is 0. The van der Waals surface area contributed by atoms with E-state index in [2.05, 4.69) is 32.0 Å². The molecule has 0 aliphatic carbocycles. The van der Waals surface area contributed by atoms with Gasteiger partial charge in [-0.3, -0.25) is 4.68 Å². The summed E-state index contributed by atoms with van der Waals surface area (Å²) >= 11 is 3.40. The molecule has 5 heteroatoms. The topological polar surface area (TPSA) is 30.3 Å². The molecule has 1 aliphatic heterocycles. The summed E-state index contributed by atoms with van der Waals surface area (Å²) in [5, 5.41) is 5.14. The van der Waals surface area contributed by atoms with Gasteiger partial charge in [0.25, 0.3) is 0 Å². The van der Waals surface area contributed by atoms with E-state index in [-0.39, 0.29) is 0 Å². The van der Waals surface area contributed by atoms with Crippen molar-refractivity contribution < 1.29 is 4.74 Å². The van der Waals surface area contributed by atoms with Crippen molar-refractivity contribution >= 4 is 15.9 Å². The van der Waals surface area contributed by atoms with Gasteiger partial charge in [0, 0.05) is 50.3 Å². The fraction of sp³-hybridized carbons (Fsp3) is 0.769. The molecule has 2 heterocycles. The third-order valence-corrected chi connectivity index (χ3v) is 3.90. The highest BCUT2D eigenvalue weighted by molar-refractivity contribution is 9.09. The van der Waals surface area contributed by atoms with Gasteiger partial charge in [-0.15, -0.1) is 0 Å². The average molecular weight is 316 g/mol. The van der Waals surface area contributed by atoms with Gasteiger partial charge >= 0.3 is 0 Å². The first kappa shape index (κ1) is 14.0. The van der Waals surface area contributed by atoms with E-state index in [1.807, 2.05) is 17.9 Å². The Bertz CT molecular complexity index is 348. The molecule has 0 aromatic carbocycles. The summed E-state index contributed by atoms with van der Waals surface area (Å²) in [4.78, 5) is 2.53. The molecule has 0 spiro atoms. The lowest BCUT2D eigenvalue weighted by atomic mass is 10.1. The Morgan fingerprint density at radius 2 is 2.22 bits per heavy atom. The van der Waals surface area contributed by atoms with Crippen LogP contribution in [0, 0.1) is 0 Å². The van der Waals surface area contributed by atoms with E-state index in [1.54, 1.807) is 0 Å². The van der Waals surface area contributed by atoms with Crippen molar-refractivity contribution in [3.63, 3.8) is 0 Å². The molecular formula is C13H22BrN3O. The van der Waals surface area contributed by atoms with E-state index in [0.29, 0.717) is 6.10 Å². The molecule has 1 aromatic heterocycles. The SMILES string of the molecule is Cn1nccc1CCN1CCC(OCCBr)CC1. The monoisotopic (exact) mass is 315 g/mol. The van der Waals surface area contributed by atoms with Crippen LogP contribution in [-0.4, -0.2) is 52.4 Å². The fourth-order valence-electron chi connectivity index (χ4n) is 2.43. The number of rotatable bonds is 6. The highest BCUT2D eigenvalue weighted by Crippen LogP contribution is 2.14. The van der Waals surface area contributed by atoms with Crippen molar-refractivity contribution in [3.8, 4) is 0 Å². The summed E-state index contributed by atoms with van der Waals surface area (Å²) in [6.07, 6.45) is 5.76. The maximum absolute atomic E-state index is 5.76. The minimum atomic E-state index is 0.468. The average Bonchev–Trinajstić information content (AvgIpc) is 2.81. The molecule has 0 bridgehead atoms. The van der Waals surface area contributed by atoms with Crippen molar-refractivity contribution in [1.82, 2.24) is 14.7 Å². The number of nitrogens with zero attached hydrogens (tertiary/aromatic N) is 3. The molecule has 102 valence electrons. The number of hydrogen-bond acceptors (Lipinski definition) is 3. The minimum absolute atomic E-state index is 0.468. The van der Waals surface area contributed by atoms with Gasteiger partial charge in [-0.25, -0.2) is 0 Å². The van der Waals surface area contributed by atoms with Crippen LogP contribution in [0.15, 0.2) is 12.3 Å². The van der Waals surface area contributed by atoms with Crippen LogP contribution in [0.1, 0.15) is 18.5 Å². The normalized spacial score (nSPS) is 18.3. The molecule has 0 unspecified atom stereocenters. The zero-order valence-corrected chi connectivity index (χ0v) is 12.6. The summed E-state index contributed by atoms with van der Waals surface area (Å²) in [6, 6.07) is 2.10. The number of alkyl halides is 1. The van der Waals surface area contributed by atoms with Crippen LogP contribution in [0.2, 0.25) is 0 Å². The largest absolute Gasteiger partial charge is 0.377 e. The first-order chi connectivity index (χ1) is 8.79. The Balaban J connectivity index is 1.66. The number of aromatic nitrogens is 2. The van der Waals surface area contributed by atoms with Crippen LogP contribution in [-0.2, 0) is 18.2 Å². The Morgan fingerprint density at radius 3 is 2.83 bits per heavy atom. The molecule has 4 nitrogen and oxygen atoms in total. The van der Waals surface area contributed by atoms with Crippen molar-refractivity contribution in [2.45, 2.75) is 25.4 Å². The molecule has 0 atom stereocenters. The predicted octanol–water partition coefficient (Wildman–Crippen LogP) is 1.84. The second-order valence-electron chi connectivity index (χ2n) is 4.80. The van der Waals surface area contributed by atoms with Crippen LogP contribution >= 0.6 is 15.9 Å². The van der Waals surface area contributed by atoms with Crippen molar-refractivity contribution in [1.29, 1.82) is 0 Å². The first-order valence-corrected chi connectivity index (χ1v) is 7.78. The molecule has 1 aliphatic rings. The summed E-state index contributed by atoms with van der Waals surface area (Å²) in [5.74, 6) is 0. The van der Waals surface area contributed by atoms with Gasteiger partial charge in [-0.05, 0) is 18.9 Å². The Labute approximate surface area is 117 Å². The summed E-state index contributed by atoms with van der Waals surface area (Å²) in [7, 11) is 2.01. The van der Waals surface area contributed by atoms with Gasteiger partial charge in [-0.1, -0.05) is 15.9 Å². The number of aryl methyl sites for hydroxylation is 1. The Morgan fingerprint density at radius 1 is 1.44 bits per heavy atom. The Hall–Kier alpha value is -0.390. The van der Waals surface area contributed by atoms with E-state index >= 15 is 0 Å². The van der Waals surface area contributed by atoms with Crippen molar-refractivity contribution in [2.24, 2.45) is 7.05 Å². The summed E-state index contributed by atoms with van der Waals surface area (Å²) < 4.78 is 7.73. The second-order valence-corrected chi connectivity index (χ2v) is 5.59. The molecule has 0 amide bonds. The van der Waals surface area contributed by atoms with Crippen LogP contribution in [0.25, 0.3) is 0 Å². The zero-order valence-electron chi connectivity index (χ0n) is 11.0. The van der Waals surface area contributed by atoms with Crippen molar-refractivity contribution in [2.75, 3.05) is 31.6 Å². The quantitative estimate of drug-likeness (QED) is 0.750. The van der Waals surface area contributed by atoms with Crippen LogP contribution in [0.3, 0.4) is 0 Å². The third-order valence-electron chi connectivity index (χ3n) is 3.57. The molecular weight excluding hydrogens is 294 g/mol. The Kier molecular flexibility index (Phi) is 5.66. The molecule has 1 fully saturated rings. The molecule has 0 radical (unpaired) electrons. The smallest absolute Gasteiger partial charge is 0.0599 e. The van der Waals surface area contributed by atoms with Crippen molar-refractivity contribution in [3.05, 3.63) is 18.0 Å². The predicted molar refractivity (Wildman–Crippen MR) is 76.1 cm³/mol. The third kappa shape index (κ3) is 4.07. The highest BCUT2D eigenvalue weighted by atomic mass is 79.9. The number of piperidine rings is 1. The molecule has 1 saturated heterocycles. The van der Waals surface area contributed by atoms with Gasteiger partial charge in [0.05, 0.1) is 12.7 Å². The number of likely N-dealkylation sites (tertiary alicyclic amines) is 1. The van der Waals surface area contributed by atoms with E-state index < -0.39 is 0 Å². The van der Waals surface area contributed by atoms with Crippen LogP contribution in [0.4, 0.5) is 0 Å². The lowest BCUT2D eigenvalue weighted by Crippen LogP contribution is -2.38. The zero-order chi connectivity index (χ0) is 12.8. The number of ether oxygens (including phenoxy) is 1. The first-order valence-electron chi connectivity index (χ1n) is 6.66. The molecule has 0 N–H and O–H groups in total. The highest BCUT2D eigenvalue weighted by Gasteiger charge is 2.19. The van der Waals surface area contributed by atoms with E-state index in [4.69, 9.17) is 4.74 Å². The van der Waals surface area contributed by atoms with Gasteiger partial charge in [0.1, 0.15) is 0 Å². The van der Waals surface area contributed by atoms with E-state index in [9.17, 15) is 0 Å². The second kappa shape index (κ2) is 7.26. The lowest BCUT2D eigenvalue weighted by molar-refractivity contribution is 0.0161. The van der Waals surface area contributed by atoms with Crippen LogP contribution in [0.5, 0.6) is 0 Å². The molecule has 18 heavy (non-hydrogen) atoms. The summed E-state index contributed by atoms with van der Waals surface area (Å²) in [5.41, 5.74) is 1.31. The van der Waals surface area contributed by atoms with Crippen LogP contribution < -0.4 is 0 Å². The van der Waals surface area contributed by atoms with Gasteiger partial charge in [0.15, 0.2) is 0 Å². The minimum Gasteiger partial charge on any atom is -0.377 e. The van der Waals surface area contributed by atoms with Gasteiger partial charge in [0.2, 0.25) is 0 Å². The lowest BCUT2D eigenvalue weighted by Gasteiger charge is -2.31. The maximum Gasteiger partial charge on any atom is 0.0599 e. The van der Waals surface area contributed by atoms with E-state index in [0.717, 1.165) is 38.0 Å². The van der Waals surface area contributed by atoms with Gasteiger partial charge in [-0.2, -0.15) is 5.10 Å². The molecule has 0 saturated carbocycles. The molecule has 1 aromatic rings. The van der Waals surface area contributed by atoms with Gasteiger partial charge < -0.3 is 9.64 Å². The molecule has 2 rings (SSSR count). The summed E-state index contributed by atoms with van der Waals surface area (Å²) in [6.45, 7) is 4.28.